The number of amides is 1. The molecular weight excluding hydrogens is 449 g/mol. The van der Waals surface area contributed by atoms with Crippen LogP contribution < -0.4 is 5.32 Å². The Morgan fingerprint density at radius 2 is 1.45 bits per heavy atom. The number of esters is 2. The molecule has 0 aliphatic heterocycles. The van der Waals surface area contributed by atoms with Crippen LogP contribution in [0.3, 0.4) is 0 Å². The summed E-state index contributed by atoms with van der Waals surface area (Å²) in [4.78, 5) is 37.5. The highest BCUT2D eigenvalue weighted by Gasteiger charge is 2.50. The highest BCUT2D eigenvalue weighted by atomic mass is 31.2. The lowest BCUT2D eigenvalue weighted by molar-refractivity contribution is -0.168. The number of hydrogen-bond acceptors (Lipinski definition) is 8. The number of ether oxygens (including phenoxy) is 2. The number of rotatable bonds is 15. The minimum Gasteiger partial charge on any atom is -0.464 e. The van der Waals surface area contributed by atoms with Crippen LogP contribution in [0.15, 0.2) is 24.3 Å². The van der Waals surface area contributed by atoms with Crippen LogP contribution >= 0.6 is 7.60 Å². The van der Waals surface area contributed by atoms with Crippen molar-refractivity contribution < 1.29 is 37.5 Å². The lowest BCUT2D eigenvalue weighted by atomic mass is 9.89. The van der Waals surface area contributed by atoms with Gasteiger partial charge in [0.05, 0.1) is 32.6 Å². The van der Waals surface area contributed by atoms with E-state index in [4.69, 9.17) is 18.5 Å². The van der Waals surface area contributed by atoms with Crippen LogP contribution in [0.4, 0.5) is 0 Å². The molecule has 0 aromatic heterocycles. The zero-order chi connectivity index (χ0) is 24.9. The summed E-state index contributed by atoms with van der Waals surface area (Å²) in [6, 6.07) is 7.28. The van der Waals surface area contributed by atoms with Gasteiger partial charge in [-0.3, -0.25) is 9.36 Å². The molecule has 0 aliphatic rings. The third-order valence-electron chi connectivity index (χ3n) is 4.65. The molecule has 0 fully saturated rings. The number of aryl methyl sites for hydroxylation is 1. The van der Waals surface area contributed by atoms with Crippen molar-refractivity contribution in [3.05, 3.63) is 35.4 Å². The van der Waals surface area contributed by atoms with Crippen molar-refractivity contribution in [3.63, 3.8) is 0 Å². The summed E-state index contributed by atoms with van der Waals surface area (Å²) in [6.07, 6.45) is 1.30. The molecule has 186 valence electrons. The highest BCUT2D eigenvalue weighted by molar-refractivity contribution is 7.53. The van der Waals surface area contributed by atoms with Crippen LogP contribution in [-0.4, -0.2) is 56.0 Å². The summed E-state index contributed by atoms with van der Waals surface area (Å²) in [5, 5.41) is 2.46. The minimum absolute atomic E-state index is 0.0410. The fourth-order valence-corrected chi connectivity index (χ4v) is 5.09. The summed E-state index contributed by atoms with van der Waals surface area (Å²) >= 11 is 0. The molecule has 1 rings (SSSR count). The summed E-state index contributed by atoms with van der Waals surface area (Å²) < 4.78 is 33.5. The van der Waals surface area contributed by atoms with Crippen LogP contribution in [0.5, 0.6) is 0 Å². The van der Waals surface area contributed by atoms with Gasteiger partial charge in [-0.25, -0.2) is 9.59 Å². The quantitative estimate of drug-likeness (QED) is 0.228. The maximum atomic E-state index is 12.8. The smallest absolute Gasteiger partial charge is 0.344 e. The van der Waals surface area contributed by atoms with E-state index in [1.165, 1.54) is 6.92 Å². The van der Waals surface area contributed by atoms with Gasteiger partial charge < -0.3 is 23.8 Å². The summed E-state index contributed by atoms with van der Waals surface area (Å²) in [7, 11) is -3.13. The summed E-state index contributed by atoms with van der Waals surface area (Å²) in [6.45, 7) is 8.68. The predicted molar refractivity (Wildman–Crippen MR) is 124 cm³/mol. The van der Waals surface area contributed by atoms with Crippen LogP contribution in [0, 0.1) is 0 Å². The zero-order valence-electron chi connectivity index (χ0n) is 20.2. The van der Waals surface area contributed by atoms with Gasteiger partial charge in [0, 0.05) is 13.3 Å². The SMILES string of the molecule is CCOC(=O)C(Cc1cccc(CCCP(=O)(OCC)OCC)c1)(NC(C)=O)C(=O)OCC. The van der Waals surface area contributed by atoms with Crippen molar-refractivity contribution in [2.45, 2.75) is 59.4 Å². The van der Waals surface area contributed by atoms with Gasteiger partial charge >= 0.3 is 19.5 Å². The van der Waals surface area contributed by atoms with E-state index in [2.05, 4.69) is 5.32 Å². The van der Waals surface area contributed by atoms with Crippen molar-refractivity contribution >= 4 is 25.4 Å². The summed E-state index contributed by atoms with van der Waals surface area (Å²) in [5.74, 6) is -2.31. The Morgan fingerprint density at radius 3 is 1.94 bits per heavy atom. The van der Waals surface area contributed by atoms with E-state index in [-0.39, 0.29) is 25.8 Å². The fourth-order valence-electron chi connectivity index (χ4n) is 3.42. The Hall–Kier alpha value is -2.22. The Kier molecular flexibility index (Phi) is 12.3. The second-order valence-corrected chi connectivity index (χ2v) is 9.48. The Balaban J connectivity index is 3.11. The first-order chi connectivity index (χ1) is 15.7. The van der Waals surface area contributed by atoms with E-state index >= 15 is 0 Å². The van der Waals surface area contributed by atoms with Crippen molar-refractivity contribution in [2.24, 2.45) is 0 Å². The number of benzene rings is 1. The van der Waals surface area contributed by atoms with Crippen LogP contribution in [0.25, 0.3) is 0 Å². The molecule has 1 aromatic rings. The van der Waals surface area contributed by atoms with Crippen molar-refractivity contribution in [2.75, 3.05) is 32.6 Å². The van der Waals surface area contributed by atoms with Gasteiger partial charge in [-0.1, -0.05) is 24.3 Å². The number of carbonyl (C=O) groups excluding carboxylic acids is 3. The molecule has 1 amide bonds. The van der Waals surface area contributed by atoms with Crippen LogP contribution in [0.1, 0.15) is 52.2 Å². The van der Waals surface area contributed by atoms with E-state index in [0.29, 0.717) is 31.6 Å². The maximum Gasteiger partial charge on any atom is 0.344 e. The number of nitrogens with one attached hydrogen (secondary N) is 1. The first kappa shape index (κ1) is 28.8. The van der Waals surface area contributed by atoms with Crippen molar-refractivity contribution in [1.29, 1.82) is 0 Å². The van der Waals surface area contributed by atoms with Gasteiger partial charge in [-0.2, -0.15) is 0 Å². The molecular formula is C23H36NO8P. The van der Waals surface area contributed by atoms with E-state index in [1.807, 2.05) is 12.1 Å². The Labute approximate surface area is 196 Å². The average molecular weight is 486 g/mol. The molecule has 0 radical (unpaired) electrons. The zero-order valence-corrected chi connectivity index (χ0v) is 21.1. The normalized spacial score (nSPS) is 11.7. The first-order valence-corrected chi connectivity index (χ1v) is 13.0. The van der Waals surface area contributed by atoms with Gasteiger partial charge in [-0.05, 0) is 51.7 Å². The molecule has 10 heteroatoms. The van der Waals surface area contributed by atoms with Crippen LogP contribution in [0.2, 0.25) is 0 Å². The molecule has 0 unspecified atom stereocenters. The topological polar surface area (TPSA) is 117 Å². The average Bonchev–Trinajstić information content (AvgIpc) is 2.74. The molecule has 0 heterocycles. The van der Waals surface area contributed by atoms with Crippen molar-refractivity contribution in [3.8, 4) is 0 Å². The predicted octanol–water partition coefficient (Wildman–Crippen LogP) is 3.43. The second-order valence-electron chi connectivity index (χ2n) is 7.30. The molecule has 0 saturated carbocycles. The number of hydrogen-bond donors (Lipinski definition) is 1. The number of carbonyl (C=O) groups is 3. The molecule has 0 atom stereocenters. The largest absolute Gasteiger partial charge is 0.464 e. The molecule has 9 nitrogen and oxygen atoms in total. The first-order valence-electron chi connectivity index (χ1n) is 11.2. The Bertz CT molecular complexity index is 814. The lowest BCUT2D eigenvalue weighted by Gasteiger charge is -2.30. The minimum atomic E-state index is -3.13. The van der Waals surface area contributed by atoms with Crippen LogP contribution in [-0.2, 0) is 50.3 Å². The molecule has 0 spiro atoms. The maximum absolute atomic E-state index is 12.8. The fraction of sp³-hybridized carbons (Fsp3) is 0.609. The van der Waals surface area contributed by atoms with Gasteiger partial charge in [0.25, 0.3) is 0 Å². The molecule has 33 heavy (non-hydrogen) atoms. The van der Waals surface area contributed by atoms with Gasteiger partial charge in [0.1, 0.15) is 0 Å². The second kappa shape index (κ2) is 14.1. The standard InChI is InChI=1S/C23H36NO8P/c1-6-29-21(26)23(24-18(5)25,22(27)30-7-2)17-20-13-10-12-19(16-20)14-11-15-33(28,31-8-3)32-9-4/h10,12-13,16H,6-9,11,14-15,17H2,1-5H3,(H,24,25). The molecule has 1 aromatic carbocycles. The Morgan fingerprint density at radius 1 is 0.909 bits per heavy atom. The van der Waals surface area contributed by atoms with E-state index in [9.17, 15) is 18.9 Å². The summed E-state index contributed by atoms with van der Waals surface area (Å²) in [5.41, 5.74) is -0.438. The van der Waals surface area contributed by atoms with Crippen molar-refractivity contribution in [1.82, 2.24) is 5.32 Å². The lowest BCUT2D eigenvalue weighted by Crippen LogP contribution is -2.62. The van der Waals surface area contributed by atoms with Gasteiger partial charge in [0.2, 0.25) is 11.4 Å². The molecule has 0 bridgehead atoms. The van der Waals surface area contributed by atoms with Gasteiger partial charge in [0.15, 0.2) is 0 Å². The monoisotopic (exact) mass is 485 g/mol. The molecule has 1 N–H and O–H groups in total. The third kappa shape index (κ3) is 8.91. The molecule has 0 saturated heterocycles. The highest BCUT2D eigenvalue weighted by Crippen LogP contribution is 2.48. The van der Waals surface area contributed by atoms with E-state index in [1.54, 1.807) is 39.8 Å². The van der Waals surface area contributed by atoms with Gasteiger partial charge in [-0.15, -0.1) is 0 Å². The van der Waals surface area contributed by atoms with E-state index < -0.39 is 31.0 Å². The molecule has 0 aliphatic carbocycles. The van der Waals surface area contributed by atoms with E-state index in [0.717, 1.165) is 5.56 Å². The third-order valence-corrected chi connectivity index (χ3v) is 6.81.